The van der Waals surface area contributed by atoms with Crippen molar-refractivity contribution in [2.45, 2.75) is 19.3 Å². The van der Waals surface area contributed by atoms with E-state index in [1.807, 2.05) is 42.5 Å². The van der Waals surface area contributed by atoms with Gasteiger partial charge >= 0.3 is 0 Å². The van der Waals surface area contributed by atoms with Crippen molar-refractivity contribution in [2.24, 2.45) is 0 Å². The second kappa shape index (κ2) is 8.28. The fourth-order valence-electron chi connectivity index (χ4n) is 2.87. The molecule has 1 amide bonds. The van der Waals surface area contributed by atoms with Gasteiger partial charge in [-0.1, -0.05) is 67.9 Å². The number of amides is 1. The van der Waals surface area contributed by atoms with Crippen molar-refractivity contribution in [3.63, 3.8) is 0 Å². The first-order valence-electron chi connectivity index (χ1n) is 8.79. The molecule has 0 aliphatic carbocycles. The Morgan fingerprint density at radius 3 is 2.11 bits per heavy atom. The van der Waals surface area contributed by atoms with Crippen molar-refractivity contribution in [1.82, 2.24) is 0 Å². The van der Waals surface area contributed by atoms with E-state index in [4.69, 9.17) is 16.3 Å². The van der Waals surface area contributed by atoms with Crippen molar-refractivity contribution in [2.75, 3.05) is 11.9 Å². The van der Waals surface area contributed by atoms with Gasteiger partial charge in [0.25, 0.3) is 5.91 Å². The first-order valence-corrected chi connectivity index (χ1v) is 9.17. The second-order valence-corrected chi connectivity index (χ2v) is 7.30. The summed E-state index contributed by atoms with van der Waals surface area (Å²) in [5, 5.41) is 3.40. The number of hydrogen-bond acceptors (Lipinski definition) is 2. The number of halogens is 1. The molecule has 138 valence electrons. The molecule has 3 nitrogen and oxygen atoms in total. The number of rotatable bonds is 6. The van der Waals surface area contributed by atoms with Crippen LogP contribution in [0, 0.1) is 0 Å². The van der Waals surface area contributed by atoms with Crippen LogP contribution < -0.4 is 10.1 Å². The van der Waals surface area contributed by atoms with Crippen molar-refractivity contribution >= 4 is 23.2 Å². The average molecular weight is 380 g/mol. The largest absolute Gasteiger partial charge is 0.484 e. The Morgan fingerprint density at radius 2 is 1.48 bits per heavy atom. The maximum Gasteiger partial charge on any atom is 0.262 e. The van der Waals surface area contributed by atoms with E-state index in [0.29, 0.717) is 16.5 Å². The number of hydrogen-bond donors (Lipinski definition) is 1. The lowest BCUT2D eigenvalue weighted by molar-refractivity contribution is -0.118. The van der Waals surface area contributed by atoms with Crippen LogP contribution in [-0.2, 0) is 10.2 Å². The van der Waals surface area contributed by atoms with Crippen LogP contribution in [0.3, 0.4) is 0 Å². The molecule has 0 heterocycles. The van der Waals surface area contributed by atoms with Gasteiger partial charge in [-0.3, -0.25) is 4.79 Å². The molecular formula is C23H22ClNO2. The Hall–Kier alpha value is -2.78. The van der Waals surface area contributed by atoms with Crippen LogP contribution in [-0.4, -0.2) is 12.5 Å². The van der Waals surface area contributed by atoms with Crippen LogP contribution in [0.2, 0.25) is 5.02 Å². The first-order chi connectivity index (χ1) is 12.9. The summed E-state index contributed by atoms with van der Waals surface area (Å²) in [5.74, 6) is 0.444. The predicted molar refractivity (Wildman–Crippen MR) is 111 cm³/mol. The molecule has 0 spiro atoms. The summed E-state index contributed by atoms with van der Waals surface area (Å²) in [6.45, 7) is 4.33. The van der Waals surface area contributed by atoms with E-state index in [1.165, 1.54) is 11.1 Å². The zero-order valence-corrected chi connectivity index (χ0v) is 16.2. The van der Waals surface area contributed by atoms with Gasteiger partial charge in [0.2, 0.25) is 0 Å². The van der Waals surface area contributed by atoms with Crippen LogP contribution in [0.25, 0.3) is 0 Å². The molecule has 3 rings (SSSR count). The van der Waals surface area contributed by atoms with E-state index in [1.54, 1.807) is 24.3 Å². The van der Waals surface area contributed by atoms with Crippen LogP contribution in [0.5, 0.6) is 5.75 Å². The Kier molecular flexibility index (Phi) is 5.82. The summed E-state index contributed by atoms with van der Waals surface area (Å²) in [6.07, 6.45) is 0. The molecule has 0 aliphatic heterocycles. The highest BCUT2D eigenvalue weighted by Gasteiger charge is 2.22. The second-order valence-electron chi connectivity index (χ2n) is 6.86. The van der Waals surface area contributed by atoms with Gasteiger partial charge in [0, 0.05) is 16.1 Å². The Bertz CT molecular complexity index is 888. The first kappa shape index (κ1) is 19.0. The number of benzene rings is 3. The summed E-state index contributed by atoms with van der Waals surface area (Å²) in [5.41, 5.74) is 3.02. The highest BCUT2D eigenvalue weighted by atomic mass is 35.5. The van der Waals surface area contributed by atoms with Gasteiger partial charge in [0.1, 0.15) is 5.75 Å². The molecule has 0 fully saturated rings. The minimum absolute atomic E-state index is 0.0515. The van der Waals surface area contributed by atoms with Gasteiger partial charge in [-0.05, 0) is 47.5 Å². The normalized spacial score (nSPS) is 11.1. The van der Waals surface area contributed by atoms with Crippen LogP contribution >= 0.6 is 11.6 Å². The fraction of sp³-hybridized carbons (Fsp3) is 0.174. The van der Waals surface area contributed by atoms with E-state index in [2.05, 4.69) is 31.3 Å². The lowest BCUT2D eigenvalue weighted by Gasteiger charge is -2.26. The van der Waals surface area contributed by atoms with Gasteiger partial charge in [0.15, 0.2) is 6.61 Å². The van der Waals surface area contributed by atoms with E-state index in [-0.39, 0.29) is 17.9 Å². The molecule has 0 radical (unpaired) electrons. The summed E-state index contributed by atoms with van der Waals surface area (Å²) in [6, 6.07) is 25.2. The van der Waals surface area contributed by atoms with E-state index in [9.17, 15) is 4.79 Å². The molecule has 0 unspecified atom stereocenters. The molecule has 1 N–H and O–H groups in total. The molecule has 0 aliphatic rings. The summed E-state index contributed by atoms with van der Waals surface area (Å²) in [4.78, 5) is 12.0. The molecule has 0 saturated heterocycles. The van der Waals surface area contributed by atoms with E-state index >= 15 is 0 Å². The molecule has 0 saturated carbocycles. The van der Waals surface area contributed by atoms with Gasteiger partial charge in [-0.25, -0.2) is 0 Å². The summed E-state index contributed by atoms with van der Waals surface area (Å²) >= 11 is 5.84. The molecule has 4 heteroatoms. The molecule has 0 bridgehead atoms. The number of carbonyl (C=O) groups is 1. The third-order valence-corrected chi connectivity index (χ3v) is 4.82. The zero-order valence-electron chi connectivity index (χ0n) is 15.4. The van der Waals surface area contributed by atoms with Crippen molar-refractivity contribution in [3.05, 3.63) is 95.0 Å². The predicted octanol–water partition coefficient (Wildman–Crippen LogP) is 5.68. The number of nitrogens with one attached hydrogen (secondary N) is 1. The smallest absolute Gasteiger partial charge is 0.262 e. The molecule has 27 heavy (non-hydrogen) atoms. The summed E-state index contributed by atoms with van der Waals surface area (Å²) < 4.78 is 5.60. The Balaban J connectivity index is 1.59. The molecule has 0 aromatic heterocycles. The van der Waals surface area contributed by atoms with Gasteiger partial charge in [-0.2, -0.15) is 0 Å². The Labute approximate surface area is 164 Å². The maximum absolute atomic E-state index is 12.0. The standard InChI is InChI=1S/C23H22ClNO2/c1-23(2,17-6-4-3-5-7-17)18-8-14-21(15-9-18)27-16-22(26)25-20-12-10-19(24)11-13-20/h3-15H,16H2,1-2H3,(H,25,26). The highest BCUT2D eigenvalue weighted by Crippen LogP contribution is 2.32. The third-order valence-electron chi connectivity index (χ3n) is 4.57. The monoisotopic (exact) mass is 379 g/mol. The molecule has 3 aromatic rings. The number of carbonyl (C=O) groups excluding carboxylic acids is 1. The van der Waals surface area contributed by atoms with Crippen molar-refractivity contribution in [1.29, 1.82) is 0 Å². The third kappa shape index (κ3) is 4.89. The lowest BCUT2D eigenvalue weighted by Crippen LogP contribution is -2.20. The topological polar surface area (TPSA) is 38.3 Å². The van der Waals surface area contributed by atoms with Gasteiger partial charge in [-0.15, -0.1) is 0 Å². The average Bonchev–Trinajstić information content (AvgIpc) is 2.69. The summed E-state index contributed by atoms with van der Waals surface area (Å²) in [7, 11) is 0. The lowest BCUT2D eigenvalue weighted by atomic mass is 9.78. The Morgan fingerprint density at radius 1 is 0.889 bits per heavy atom. The van der Waals surface area contributed by atoms with Crippen LogP contribution in [0.1, 0.15) is 25.0 Å². The SMILES string of the molecule is CC(C)(c1ccccc1)c1ccc(OCC(=O)Nc2ccc(Cl)cc2)cc1. The van der Waals surface area contributed by atoms with Crippen molar-refractivity contribution in [3.8, 4) is 5.75 Å². The quantitative estimate of drug-likeness (QED) is 0.598. The minimum atomic E-state index is -0.217. The van der Waals surface area contributed by atoms with Gasteiger partial charge in [0.05, 0.1) is 0 Å². The molecular weight excluding hydrogens is 358 g/mol. The molecule has 3 aromatic carbocycles. The number of anilines is 1. The highest BCUT2D eigenvalue weighted by molar-refractivity contribution is 6.30. The fourth-order valence-corrected chi connectivity index (χ4v) is 2.99. The van der Waals surface area contributed by atoms with E-state index < -0.39 is 0 Å². The van der Waals surface area contributed by atoms with E-state index in [0.717, 1.165) is 0 Å². The molecule has 0 atom stereocenters. The minimum Gasteiger partial charge on any atom is -0.484 e. The van der Waals surface area contributed by atoms with Crippen molar-refractivity contribution < 1.29 is 9.53 Å². The zero-order chi connectivity index (χ0) is 19.3. The van der Waals surface area contributed by atoms with Crippen LogP contribution in [0.4, 0.5) is 5.69 Å². The van der Waals surface area contributed by atoms with Crippen LogP contribution in [0.15, 0.2) is 78.9 Å². The number of ether oxygens (including phenoxy) is 1. The van der Waals surface area contributed by atoms with Gasteiger partial charge < -0.3 is 10.1 Å². The maximum atomic E-state index is 12.0.